The molecular formula is C16H15FN4O4S2. The molecule has 0 saturated carbocycles. The maximum atomic E-state index is 13.0. The fourth-order valence-electron chi connectivity index (χ4n) is 2.42. The van der Waals surface area contributed by atoms with Crippen LogP contribution in [-0.4, -0.2) is 34.3 Å². The molecule has 2 heterocycles. The predicted molar refractivity (Wildman–Crippen MR) is 96.4 cm³/mol. The topological polar surface area (TPSA) is 114 Å². The zero-order chi connectivity index (χ0) is 19.8. The van der Waals surface area contributed by atoms with Crippen LogP contribution in [0.4, 0.5) is 4.39 Å². The average Bonchev–Trinajstić information content (AvgIpc) is 3.22. The van der Waals surface area contributed by atoms with Crippen LogP contribution in [0.15, 0.2) is 40.7 Å². The van der Waals surface area contributed by atoms with E-state index in [-0.39, 0.29) is 5.82 Å². The van der Waals surface area contributed by atoms with Gasteiger partial charge >= 0.3 is 5.97 Å². The lowest BCUT2D eigenvalue weighted by atomic mass is 10.2. The van der Waals surface area contributed by atoms with Gasteiger partial charge in [0.1, 0.15) is 15.7 Å². The highest BCUT2D eigenvalue weighted by Crippen LogP contribution is 2.27. The standard InChI is InChI=1S/C16H15FN4O4S2/c1-9(12-8-26-15(19-12)10-3-5-11(17)6-4-10)20-27(24,25)13-7-18-21(2)14(13)16(22)23/h3-9,20H,1-2H3,(H,22,23). The van der Waals surface area contributed by atoms with Crippen LogP contribution in [0.2, 0.25) is 0 Å². The molecule has 3 rings (SSSR count). The SMILES string of the molecule is CC(NS(=O)(=O)c1cnn(C)c1C(=O)O)c1csc(-c2ccc(F)cc2)n1. The predicted octanol–water partition coefficient (Wildman–Crippen LogP) is 2.42. The van der Waals surface area contributed by atoms with Gasteiger partial charge in [-0.15, -0.1) is 11.3 Å². The summed E-state index contributed by atoms with van der Waals surface area (Å²) < 4.78 is 41.6. The molecule has 2 N–H and O–H groups in total. The van der Waals surface area contributed by atoms with Crippen molar-refractivity contribution >= 4 is 27.3 Å². The molecule has 2 aromatic heterocycles. The minimum absolute atomic E-state index is 0.359. The van der Waals surface area contributed by atoms with Crippen molar-refractivity contribution in [1.29, 1.82) is 0 Å². The summed E-state index contributed by atoms with van der Waals surface area (Å²) in [5.41, 5.74) is 0.742. The Morgan fingerprint density at radius 3 is 2.63 bits per heavy atom. The summed E-state index contributed by atoms with van der Waals surface area (Å²) in [6.45, 7) is 1.60. The molecule has 8 nitrogen and oxygen atoms in total. The summed E-state index contributed by atoms with van der Waals surface area (Å²) in [6, 6.07) is 5.10. The van der Waals surface area contributed by atoms with E-state index in [4.69, 9.17) is 0 Å². The molecule has 0 fully saturated rings. The van der Waals surface area contributed by atoms with Gasteiger partial charge in [0.2, 0.25) is 10.0 Å². The number of hydrogen-bond acceptors (Lipinski definition) is 6. The fraction of sp³-hybridized carbons (Fsp3) is 0.188. The van der Waals surface area contributed by atoms with Gasteiger partial charge in [-0.3, -0.25) is 4.68 Å². The summed E-state index contributed by atoms with van der Waals surface area (Å²) in [5.74, 6) is -1.75. The molecular weight excluding hydrogens is 395 g/mol. The maximum absolute atomic E-state index is 13.0. The fourth-order valence-corrected chi connectivity index (χ4v) is 4.72. The maximum Gasteiger partial charge on any atom is 0.355 e. The van der Waals surface area contributed by atoms with Crippen molar-refractivity contribution in [3.8, 4) is 10.6 Å². The Morgan fingerprint density at radius 1 is 1.33 bits per heavy atom. The first-order chi connectivity index (χ1) is 12.7. The highest BCUT2D eigenvalue weighted by atomic mass is 32.2. The number of rotatable bonds is 6. The van der Waals surface area contributed by atoms with Crippen molar-refractivity contribution in [2.75, 3.05) is 0 Å². The number of hydrogen-bond donors (Lipinski definition) is 2. The Hall–Kier alpha value is -2.63. The lowest BCUT2D eigenvalue weighted by Gasteiger charge is -2.12. The number of thiazole rings is 1. The first kappa shape index (κ1) is 19.1. The van der Waals surface area contributed by atoms with Crippen molar-refractivity contribution in [3.05, 3.63) is 53.0 Å². The Labute approximate surface area is 158 Å². The molecule has 0 spiro atoms. The van der Waals surface area contributed by atoms with E-state index in [0.29, 0.717) is 16.3 Å². The molecule has 0 bridgehead atoms. The van der Waals surface area contributed by atoms with Crippen molar-refractivity contribution in [3.63, 3.8) is 0 Å². The van der Waals surface area contributed by atoms with Crippen LogP contribution < -0.4 is 4.72 Å². The number of aryl methyl sites for hydroxylation is 1. The Bertz CT molecular complexity index is 1090. The second-order valence-electron chi connectivity index (χ2n) is 5.71. The average molecular weight is 410 g/mol. The highest BCUT2D eigenvalue weighted by molar-refractivity contribution is 7.89. The third-order valence-corrected chi connectivity index (χ3v) is 6.24. The number of carboxylic acids is 1. The lowest BCUT2D eigenvalue weighted by Crippen LogP contribution is -2.28. The summed E-state index contributed by atoms with van der Waals surface area (Å²) in [4.78, 5) is 15.3. The van der Waals surface area contributed by atoms with E-state index in [1.165, 1.54) is 30.5 Å². The molecule has 11 heteroatoms. The normalized spacial score (nSPS) is 12.9. The highest BCUT2D eigenvalue weighted by Gasteiger charge is 2.28. The third-order valence-electron chi connectivity index (χ3n) is 3.79. The second-order valence-corrected chi connectivity index (χ2v) is 8.25. The Balaban J connectivity index is 1.84. The van der Waals surface area contributed by atoms with Gasteiger partial charge in [0, 0.05) is 18.0 Å². The van der Waals surface area contributed by atoms with E-state index in [9.17, 15) is 22.7 Å². The second kappa shape index (κ2) is 7.18. The van der Waals surface area contributed by atoms with Gasteiger partial charge in [-0.25, -0.2) is 27.3 Å². The smallest absolute Gasteiger partial charge is 0.355 e. The largest absolute Gasteiger partial charge is 0.476 e. The van der Waals surface area contributed by atoms with Crippen molar-refractivity contribution < 1.29 is 22.7 Å². The molecule has 142 valence electrons. The van der Waals surface area contributed by atoms with Gasteiger partial charge in [-0.05, 0) is 31.2 Å². The number of sulfonamides is 1. The number of halogens is 1. The number of aromatic carboxylic acids is 1. The van der Waals surface area contributed by atoms with E-state index < -0.39 is 32.6 Å². The molecule has 0 aliphatic carbocycles. The van der Waals surface area contributed by atoms with Crippen LogP contribution in [0.5, 0.6) is 0 Å². The van der Waals surface area contributed by atoms with Crippen LogP contribution in [0.1, 0.15) is 29.1 Å². The first-order valence-electron chi connectivity index (χ1n) is 7.68. The Morgan fingerprint density at radius 2 is 2.00 bits per heavy atom. The minimum atomic E-state index is -4.12. The summed E-state index contributed by atoms with van der Waals surface area (Å²) in [5, 5.41) is 15.2. The van der Waals surface area contributed by atoms with Gasteiger partial charge in [0.25, 0.3) is 0 Å². The minimum Gasteiger partial charge on any atom is -0.476 e. The van der Waals surface area contributed by atoms with E-state index >= 15 is 0 Å². The number of carboxylic acid groups (broad SMARTS) is 1. The van der Waals surface area contributed by atoms with Crippen LogP contribution >= 0.6 is 11.3 Å². The number of nitrogens with zero attached hydrogens (tertiary/aromatic N) is 3. The molecule has 1 atom stereocenters. The monoisotopic (exact) mass is 410 g/mol. The van der Waals surface area contributed by atoms with E-state index in [1.54, 1.807) is 24.4 Å². The molecule has 0 aliphatic rings. The molecule has 1 unspecified atom stereocenters. The van der Waals surface area contributed by atoms with Crippen molar-refractivity contribution in [1.82, 2.24) is 19.5 Å². The zero-order valence-electron chi connectivity index (χ0n) is 14.2. The molecule has 1 aromatic carbocycles. The molecule has 0 saturated heterocycles. The third kappa shape index (κ3) is 3.89. The number of benzene rings is 1. The van der Waals surface area contributed by atoms with Crippen LogP contribution in [0.3, 0.4) is 0 Å². The van der Waals surface area contributed by atoms with E-state index in [1.807, 2.05) is 0 Å². The van der Waals surface area contributed by atoms with Gasteiger partial charge in [-0.2, -0.15) is 5.10 Å². The Kier molecular flexibility index (Phi) is 5.09. The van der Waals surface area contributed by atoms with Crippen LogP contribution in [0, 0.1) is 5.82 Å². The van der Waals surface area contributed by atoms with E-state index in [2.05, 4.69) is 14.8 Å². The number of carbonyl (C=O) groups is 1. The number of nitrogens with one attached hydrogen (secondary N) is 1. The van der Waals surface area contributed by atoms with Gasteiger partial charge in [-0.1, -0.05) is 0 Å². The molecule has 0 aliphatic heterocycles. The summed E-state index contributed by atoms with van der Waals surface area (Å²) in [6.07, 6.45) is 0.990. The van der Waals surface area contributed by atoms with Gasteiger partial charge < -0.3 is 5.11 Å². The molecule has 27 heavy (non-hydrogen) atoms. The molecule has 0 amide bonds. The van der Waals surface area contributed by atoms with Gasteiger partial charge in [0.05, 0.1) is 17.9 Å². The van der Waals surface area contributed by atoms with Crippen LogP contribution in [0.25, 0.3) is 10.6 Å². The van der Waals surface area contributed by atoms with Crippen molar-refractivity contribution in [2.45, 2.75) is 17.9 Å². The van der Waals surface area contributed by atoms with Crippen molar-refractivity contribution in [2.24, 2.45) is 7.05 Å². The van der Waals surface area contributed by atoms with Gasteiger partial charge in [0.15, 0.2) is 5.69 Å². The molecule has 0 radical (unpaired) electrons. The van der Waals surface area contributed by atoms with E-state index in [0.717, 1.165) is 10.9 Å². The quantitative estimate of drug-likeness (QED) is 0.645. The van der Waals surface area contributed by atoms with Crippen LogP contribution in [-0.2, 0) is 17.1 Å². The number of aromatic nitrogens is 3. The summed E-state index contributed by atoms with van der Waals surface area (Å²) >= 11 is 1.29. The molecule has 3 aromatic rings. The first-order valence-corrected chi connectivity index (χ1v) is 10.0. The zero-order valence-corrected chi connectivity index (χ0v) is 15.9. The summed E-state index contributed by atoms with van der Waals surface area (Å²) in [7, 11) is -2.77. The lowest BCUT2D eigenvalue weighted by molar-refractivity contribution is 0.0680.